The lowest BCUT2D eigenvalue weighted by atomic mass is 10.3. The van der Waals surface area contributed by atoms with Gasteiger partial charge in [-0.05, 0) is 18.2 Å². The number of anilines is 1. The number of nitrogens with zero attached hydrogens (tertiary/aromatic N) is 2. The van der Waals surface area contributed by atoms with Gasteiger partial charge < -0.3 is 13.9 Å². The van der Waals surface area contributed by atoms with Crippen molar-refractivity contribution in [3.05, 3.63) is 59.9 Å². The second-order valence-electron chi connectivity index (χ2n) is 5.40. The number of ether oxygens (including phenoxy) is 2. The van der Waals surface area contributed by atoms with Crippen LogP contribution in [-0.2, 0) is 20.8 Å². The highest BCUT2D eigenvalue weighted by molar-refractivity contribution is 7.22. The highest BCUT2D eigenvalue weighted by atomic mass is 32.1. The lowest BCUT2D eigenvalue weighted by Gasteiger charge is -2.22. The summed E-state index contributed by atoms with van der Waals surface area (Å²) >= 11 is 0.997. The molecule has 0 atom stereocenters. The Hall–Kier alpha value is -2.94. The Balaban J connectivity index is 1.75. The quantitative estimate of drug-likeness (QED) is 0.694. The summed E-state index contributed by atoms with van der Waals surface area (Å²) in [4.78, 5) is 18.3. The number of rotatable bonds is 4. The van der Waals surface area contributed by atoms with E-state index in [9.17, 15) is 13.6 Å². The number of thiazole rings is 1. The Morgan fingerprint density at radius 2 is 2.19 bits per heavy atom. The molecular formula is C17H12F2N2O4S. The molecule has 6 nitrogen and oxygen atoms in total. The van der Waals surface area contributed by atoms with E-state index < -0.39 is 17.5 Å². The Kier molecular flexibility index (Phi) is 4.29. The molecule has 4 rings (SSSR count). The minimum absolute atomic E-state index is 0.00145. The average molecular weight is 378 g/mol. The van der Waals surface area contributed by atoms with Crippen molar-refractivity contribution in [3.8, 4) is 0 Å². The fraction of sp³-hybridized carbons (Fsp3) is 0.176. The van der Waals surface area contributed by atoms with Crippen LogP contribution in [-0.4, -0.2) is 24.1 Å². The van der Waals surface area contributed by atoms with Gasteiger partial charge in [0.2, 0.25) is 5.76 Å². The third-order valence-electron chi connectivity index (χ3n) is 3.63. The van der Waals surface area contributed by atoms with Crippen molar-refractivity contribution < 1.29 is 27.5 Å². The van der Waals surface area contributed by atoms with Gasteiger partial charge in [0.15, 0.2) is 10.9 Å². The smallest absolute Gasteiger partial charge is 0.298 e. The number of hydrogen-bond donors (Lipinski definition) is 0. The van der Waals surface area contributed by atoms with E-state index in [0.29, 0.717) is 17.1 Å². The molecule has 0 aliphatic carbocycles. The molecule has 134 valence electrons. The molecule has 3 aromatic rings. The number of carbonyl (C=O) groups is 1. The Morgan fingerprint density at radius 3 is 2.92 bits per heavy atom. The van der Waals surface area contributed by atoms with E-state index in [1.54, 1.807) is 12.1 Å². The van der Waals surface area contributed by atoms with Gasteiger partial charge >= 0.3 is 0 Å². The molecule has 0 bridgehead atoms. The van der Waals surface area contributed by atoms with Crippen LogP contribution in [0.25, 0.3) is 10.2 Å². The fourth-order valence-electron chi connectivity index (χ4n) is 2.46. The third kappa shape index (κ3) is 3.13. The van der Waals surface area contributed by atoms with E-state index in [1.807, 2.05) is 0 Å². The van der Waals surface area contributed by atoms with Crippen LogP contribution in [0.1, 0.15) is 5.76 Å². The van der Waals surface area contributed by atoms with Crippen LogP contribution in [0, 0.1) is 11.6 Å². The van der Waals surface area contributed by atoms with E-state index in [0.717, 1.165) is 17.4 Å². The van der Waals surface area contributed by atoms with Crippen molar-refractivity contribution in [2.75, 3.05) is 18.1 Å². The lowest BCUT2D eigenvalue weighted by molar-refractivity contribution is -0.120. The highest BCUT2D eigenvalue weighted by Crippen LogP contribution is 2.33. The van der Waals surface area contributed by atoms with Crippen molar-refractivity contribution in [2.24, 2.45) is 0 Å². The normalized spacial score (nSPS) is 13.8. The molecule has 0 spiro atoms. The molecule has 0 N–H and O–H groups in total. The predicted octanol–water partition coefficient (Wildman–Crippen LogP) is 3.59. The summed E-state index contributed by atoms with van der Waals surface area (Å²) in [7, 11) is 0. The Morgan fingerprint density at radius 1 is 1.31 bits per heavy atom. The lowest BCUT2D eigenvalue weighted by Crippen LogP contribution is -2.33. The van der Waals surface area contributed by atoms with Gasteiger partial charge in [-0.3, -0.25) is 9.69 Å². The first-order valence-electron chi connectivity index (χ1n) is 7.66. The first-order chi connectivity index (χ1) is 12.6. The van der Waals surface area contributed by atoms with E-state index in [2.05, 4.69) is 4.98 Å². The highest BCUT2D eigenvalue weighted by Gasteiger charge is 2.27. The number of halogens is 2. The summed E-state index contributed by atoms with van der Waals surface area (Å²) < 4.78 is 43.5. The number of amides is 1. The summed E-state index contributed by atoms with van der Waals surface area (Å²) in [5.74, 6) is -1.50. The molecule has 26 heavy (non-hydrogen) atoms. The Bertz CT molecular complexity index is 984. The number of fused-ring (bicyclic) bond motifs is 1. The van der Waals surface area contributed by atoms with Gasteiger partial charge in [0, 0.05) is 6.07 Å². The van der Waals surface area contributed by atoms with E-state index >= 15 is 0 Å². The van der Waals surface area contributed by atoms with Crippen molar-refractivity contribution in [3.63, 3.8) is 0 Å². The second kappa shape index (κ2) is 6.75. The minimum Gasteiger partial charge on any atom is -0.494 e. The van der Waals surface area contributed by atoms with Gasteiger partial charge in [-0.25, -0.2) is 13.8 Å². The number of hydrogen-bond acceptors (Lipinski definition) is 6. The molecule has 1 amide bonds. The monoisotopic (exact) mass is 378 g/mol. The molecule has 9 heteroatoms. The molecule has 1 aliphatic heterocycles. The minimum atomic E-state index is -0.788. The second-order valence-corrected chi connectivity index (χ2v) is 6.41. The third-order valence-corrected chi connectivity index (χ3v) is 4.66. The maximum absolute atomic E-state index is 14.0. The standard InChI is InChI=1S/C17H12F2N2O4S/c18-10-6-12(19)15-14(7-10)26-17(20-15)21(8-11-2-1-3-24-11)16(22)13-9-23-4-5-25-13/h1-3,6-7,9H,4-5,8H2. The van der Waals surface area contributed by atoms with Crippen molar-refractivity contribution in [2.45, 2.75) is 6.54 Å². The molecule has 0 saturated carbocycles. The maximum atomic E-state index is 14.0. The zero-order valence-electron chi connectivity index (χ0n) is 13.3. The molecule has 2 aromatic heterocycles. The Labute approximate surface area is 150 Å². The van der Waals surface area contributed by atoms with Gasteiger partial charge in [0.1, 0.15) is 36.6 Å². The van der Waals surface area contributed by atoms with Crippen LogP contribution >= 0.6 is 11.3 Å². The van der Waals surface area contributed by atoms with E-state index in [-0.39, 0.29) is 29.6 Å². The van der Waals surface area contributed by atoms with Gasteiger partial charge in [-0.2, -0.15) is 0 Å². The topological polar surface area (TPSA) is 64.8 Å². The number of furan rings is 1. The molecule has 1 aliphatic rings. The molecule has 0 saturated heterocycles. The molecule has 0 fully saturated rings. The maximum Gasteiger partial charge on any atom is 0.298 e. The van der Waals surface area contributed by atoms with Gasteiger partial charge in [-0.1, -0.05) is 11.3 Å². The SMILES string of the molecule is O=C(C1=COCCO1)N(Cc1ccco1)c1nc2c(F)cc(F)cc2s1. The first-order valence-corrected chi connectivity index (χ1v) is 8.48. The zero-order chi connectivity index (χ0) is 18.1. The summed E-state index contributed by atoms with van der Waals surface area (Å²) in [5.41, 5.74) is -0.00145. The summed E-state index contributed by atoms with van der Waals surface area (Å²) in [6.45, 7) is 0.642. The van der Waals surface area contributed by atoms with Gasteiger partial charge in [-0.15, -0.1) is 0 Å². The van der Waals surface area contributed by atoms with Crippen molar-refractivity contribution >= 4 is 32.6 Å². The summed E-state index contributed by atoms with van der Waals surface area (Å²) in [6.07, 6.45) is 2.71. The molecular weight excluding hydrogens is 366 g/mol. The van der Waals surface area contributed by atoms with Gasteiger partial charge in [0.25, 0.3) is 5.91 Å². The number of benzene rings is 1. The van der Waals surface area contributed by atoms with Crippen molar-refractivity contribution in [1.82, 2.24) is 4.98 Å². The molecule has 0 radical (unpaired) electrons. The molecule has 1 aromatic carbocycles. The van der Waals surface area contributed by atoms with E-state index in [4.69, 9.17) is 13.9 Å². The molecule has 3 heterocycles. The summed E-state index contributed by atoms with van der Waals surface area (Å²) in [5, 5.41) is 0.195. The van der Waals surface area contributed by atoms with E-state index in [1.165, 1.54) is 23.5 Å². The average Bonchev–Trinajstić information content (AvgIpc) is 3.29. The van der Waals surface area contributed by atoms with Crippen LogP contribution in [0.5, 0.6) is 0 Å². The number of aromatic nitrogens is 1. The van der Waals surface area contributed by atoms with Crippen LogP contribution in [0.15, 0.2) is 47.0 Å². The molecule has 0 unspecified atom stereocenters. The van der Waals surface area contributed by atoms with Gasteiger partial charge in [0.05, 0.1) is 17.5 Å². The fourth-order valence-corrected chi connectivity index (χ4v) is 3.46. The first kappa shape index (κ1) is 16.5. The predicted molar refractivity (Wildman–Crippen MR) is 89.4 cm³/mol. The largest absolute Gasteiger partial charge is 0.494 e. The summed E-state index contributed by atoms with van der Waals surface area (Å²) in [6, 6.07) is 5.31. The van der Waals surface area contributed by atoms with Crippen LogP contribution in [0.4, 0.5) is 13.9 Å². The van der Waals surface area contributed by atoms with Crippen LogP contribution < -0.4 is 4.90 Å². The van der Waals surface area contributed by atoms with Crippen LogP contribution in [0.2, 0.25) is 0 Å². The zero-order valence-corrected chi connectivity index (χ0v) is 14.1. The number of carbonyl (C=O) groups excluding carboxylic acids is 1. The van der Waals surface area contributed by atoms with Crippen LogP contribution in [0.3, 0.4) is 0 Å². The van der Waals surface area contributed by atoms with Crippen molar-refractivity contribution in [1.29, 1.82) is 0 Å².